The van der Waals surface area contributed by atoms with Crippen molar-refractivity contribution in [2.24, 2.45) is 0 Å². The van der Waals surface area contributed by atoms with Gasteiger partial charge in [0.25, 0.3) is 0 Å². The number of hydrogen-bond donors (Lipinski definition) is 0. The van der Waals surface area contributed by atoms with Crippen molar-refractivity contribution in [3.8, 4) is 0 Å². The molecule has 2 rings (SSSR count). The Bertz CT molecular complexity index is 416. The van der Waals surface area contributed by atoms with Crippen LogP contribution in [-0.4, -0.2) is 21.2 Å². The van der Waals surface area contributed by atoms with Crippen molar-refractivity contribution in [3.05, 3.63) is 35.9 Å². The number of carbonyl (C=O) groups excluding carboxylic acids is 1. The molecule has 0 bridgehead atoms. The highest BCUT2D eigenvalue weighted by Gasteiger charge is 2.38. The highest BCUT2D eigenvalue weighted by Crippen LogP contribution is 2.40. The van der Waals surface area contributed by atoms with Crippen molar-refractivity contribution in [1.29, 1.82) is 0 Å². The summed E-state index contributed by atoms with van der Waals surface area (Å²) in [6.45, 7) is 3.97. The number of carbonyl (C=O) groups is 1. The second-order valence-corrected chi connectivity index (χ2v) is 5.72. The maximum atomic E-state index is 12.2. The molecule has 1 aliphatic heterocycles. The molecule has 1 atom stereocenters. The summed E-state index contributed by atoms with van der Waals surface area (Å²) in [6.07, 6.45) is 0. The summed E-state index contributed by atoms with van der Waals surface area (Å²) in [5, 5.41) is -0.156. The lowest BCUT2D eigenvalue weighted by atomic mass is 10.1. The van der Waals surface area contributed by atoms with E-state index in [1.54, 1.807) is 4.90 Å². The number of thioether (sulfide) groups is 1. The lowest BCUT2D eigenvalue weighted by Gasteiger charge is -2.19. The van der Waals surface area contributed by atoms with E-state index in [1.165, 1.54) is 11.8 Å². The van der Waals surface area contributed by atoms with E-state index in [2.05, 4.69) is 0 Å². The number of thiocarbonyl (C=S) groups is 1. The number of benzene rings is 1. The van der Waals surface area contributed by atoms with E-state index in [1.807, 2.05) is 44.2 Å². The van der Waals surface area contributed by atoms with E-state index in [9.17, 15) is 4.79 Å². The average molecular weight is 251 g/mol. The van der Waals surface area contributed by atoms with E-state index in [4.69, 9.17) is 12.2 Å². The first kappa shape index (κ1) is 11.6. The molecule has 0 spiro atoms. The summed E-state index contributed by atoms with van der Waals surface area (Å²) in [5.74, 6) is 0.108. The molecule has 1 heterocycles. The van der Waals surface area contributed by atoms with E-state index in [0.29, 0.717) is 4.32 Å². The Morgan fingerprint density at radius 2 is 1.94 bits per heavy atom. The number of amides is 1. The Labute approximate surface area is 105 Å². The third-order valence-corrected chi connectivity index (χ3v) is 4.09. The Hall–Kier alpha value is -0.870. The first-order valence-corrected chi connectivity index (χ1v) is 6.48. The third kappa shape index (κ3) is 1.99. The molecule has 1 unspecified atom stereocenters. The van der Waals surface area contributed by atoms with Crippen LogP contribution in [0.4, 0.5) is 0 Å². The molecule has 16 heavy (non-hydrogen) atoms. The standard InChI is InChI=1S/C12H13NOS2/c1-8(2)13-11(14)10(16-12(13)15)9-6-4-3-5-7-9/h3-8,10H,1-2H3. The molecule has 0 aromatic heterocycles. The highest BCUT2D eigenvalue weighted by molar-refractivity contribution is 8.24. The van der Waals surface area contributed by atoms with Crippen LogP contribution in [0.25, 0.3) is 0 Å². The van der Waals surface area contributed by atoms with Gasteiger partial charge in [-0.05, 0) is 19.4 Å². The highest BCUT2D eigenvalue weighted by atomic mass is 32.2. The van der Waals surface area contributed by atoms with Crippen molar-refractivity contribution >= 4 is 34.2 Å². The Morgan fingerprint density at radius 3 is 2.44 bits per heavy atom. The van der Waals surface area contributed by atoms with Gasteiger partial charge in [-0.2, -0.15) is 0 Å². The Kier molecular flexibility index (Phi) is 3.30. The lowest BCUT2D eigenvalue weighted by Crippen LogP contribution is -2.35. The molecule has 0 N–H and O–H groups in total. The van der Waals surface area contributed by atoms with Crippen LogP contribution >= 0.6 is 24.0 Å². The van der Waals surface area contributed by atoms with Crippen molar-refractivity contribution in [1.82, 2.24) is 4.90 Å². The van der Waals surface area contributed by atoms with Gasteiger partial charge in [-0.15, -0.1) is 0 Å². The van der Waals surface area contributed by atoms with Gasteiger partial charge in [0, 0.05) is 6.04 Å². The molecular formula is C12H13NOS2. The maximum Gasteiger partial charge on any atom is 0.246 e. The second kappa shape index (κ2) is 4.55. The van der Waals surface area contributed by atoms with Gasteiger partial charge < -0.3 is 0 Å². The lowest BCUT2D eigenvalue weighted by molar-refractivity contribution is -0.127. The molecule has 2 nitrogen and oxygen atoms in total. The number of nitrogens with zero attached hydrogens (tertiary/aromatic N) is 1. The molecule has 0 aliphatic carbocycles. The van der Waals surface area contributed by atoms with Crippen LogP contribution in [0.5, 0.6) is 0 Å². The topological polar surface area (TPSA) is 20.3 Å². The van der Waals surface area contributed by atoms with Crippen LogP contribution in [0.2, 0.25) is 0 Å². The second-order valence-electron chi connectivity index (χ2n) is 3.98. The summed E-state index contributed by atoms with van der Waals surface area (Å²) in [7, 11) is 0. The van der Waals surface area contributed by atoms with Crippen LogP contribution in [0.1, 0.15) is 24.7 Å². The van der Waals surface area contributed by atoms with Crippen LogP contribution in [0, 0.1) is 0 Å². The van der Waals surface area contributed by atoms with Gasteiger partial charge >= 0.3 is 0 Å². The zero-order valence-electron chi connectivity index (χ0n) is 9.21. The Morgan fingerprint density at radius 1 is 1.31 bits per heavy atom. The van der Waals surface area contributed by atoms with Gasteiger partial charge in [-0.25, -0.2) is 0 Å². The Balaban J connectivity index is 2.28. The summed E-state index contributed by atoms with van der Waals surface area (Å²) >= 11 is 6.71. The maximum absolute atomic E-state index is 12.2. The smallest absolute Gasteiger partial charge is 0.246 e. The monoisotopic (exact) mass is 251 g/mol. The first-order chi connectivity index (χ1) is 7.61. The van der Waals surface area contributed by atoms with Crippen LogP contribution in [0.15, 0.2) is 30.3 Å². The molecule has 0 saturated carbocycles. The minimum atomic E-state index is -0.156. The van der Waals surface area contributed by atoms with Crippen LogP contribution in [0.3, 0.4) is 0 Å². The molecule has 1 fully saturated rings. The summed E-state index contributed by atoms with van der Waals surface area (Å²) < 4.78 is 0.689. The van der Waals surface area contributed by atoms with Gasteiger partial charge in [0.15, 0.2) is 0 Å². The van der Waals surface area contributed by atoms with E-state index in [-0.39, 0.29) is 17.2 Å². The van der Waals surface area contributed by atoms with Gasteiger partial charge in [0.1, 0.15) is 9.57 Å². The van der Waals surface area contributed by atoms with Gasteiger partial charge in [-0.1, -0.05) is 54.3 Å². The van der Waals surface area contributed by atoms with Crippen molar-refractivity contribution in [2.75, 3.05) is 0 Å². The molecule has 1 aliphatic rings. The molecule has 1 saturated heterocycles. The normalized spacial score (nSPS) is 20.9. The predicted molar refractivity (Wildman–Crippen MR) is 71.4 cm³/mol. The van der Waals surface area contributed by atoms with Crippen LogP contribution in [-0.2, 0) is 4.79 Å². The van der Waals surface area contributed by atoms with Crippen molar-refractivity contribution < 1.29 is 4.79 Å². The average Bonchev–Trinajstić information content (AvgIpc) is 2.55. The molecular weight excluding hydrogens is 238 g/mol. The quantitative estimate of drug-likeness (QED) is 0.754. The summed E-state index contributed by atoms with van der Waals surface area (Å²) in [6, 6.07) is 9.94. The third-order valence-electron chi connectivity index (χ3n) is 2.50. The molecule has 1 aromatic carbocycles. The van der Waals surface area contributed by atoms with E-state index >= 15 is 0 Å². The molecule has 84 valence electrons. The molecule has 1 amide bonds. The SMILES string of the molecule is CC(C)N1C(=O)C(c2ccccc2)SC1=S. The molecule has 1 aromatic rings. The largest absolute Gasteiger partial charge is 0.294 e. The molecule has 0 radical (unpaired) electrons. The minimum absolute atomic E-state index is 0.108. The summed E-state index contributed by atoms with van der Waals surface area (Å²) in [4.78, 5) is 13.9. The zero-order valence-corrected chi connectivity index (χ0v) is 10.8. The van der Waals surface area contributed by atoms with E-state index < -0.39 is 0 Å². The van der Waals surface area contributed by atoms with Crippen molar-refractivity contribution in [2.45, 2.75) is 25.1 Å². The fraction of sp³-hybridized carbons (Fsp3) is 0.333. The predicted octanol–water partition coefficient (Wildman–Crippen LogP) is 3.00. The zero-order chi connectivity index (χ0) is 11.7. The first-order valence-electron chi connectivity index (χ1n) is 5.20. The summed E-state index contributed by atoms with van der Waals surface area (Å²) in [5.41, 5.74) is 1.03. The fourth-order valence-electron chi connectivity index (χ4n) is 1.73. The number of hydrogen-bond acceptors (Lipinski definition) is 3. The van der Waals surface area contributed by atoms with E-state index in [0.717, 1.165) is 5.56 Å². The minimum Gasteiger partial charge on any atom is -0.294 e. The van der Waals surface area contributed by atoms with Gasteiger partial charge in [0.2, 0.25) is 5.91 Å². The molecule has 4 heteroatoms. The fourth-order valence-corrected chi connectivity index (χ4v) is 3.44. The van der Waals surface area contributed by atoms with Gasteiger partial charge in [0.05, 0.1) is 0 Å². The van der Waals surface area contributed by atoms with Crippen molar-refractivity contribution in [3.63, 3.8) is 0 Å². The number of rotatable bonds is 2. The van der Waals surface area contributed by atoms with Gasteiger partial charge in [-0.3, -0.25) is 9.69 Å². The van der Waals surface area contributed by atoms with Crippen LogP contribution < -0.4 is 0 Å².